The van der Waals surface area contributed by atoms with Gasteiger partial charge in [-0.2, -0.15) is 5.10 Å². The van der Waals surface area contributed by atoms with E-state index >= 15 is 0 Å². The minimum atomic E-state index is -0.232. The molecule has 1 spiro atoms. The van der Waals surface area contributed by atoms with Crippen molar-refractivity contribution in [1.82, 2.24) is 19.6 Å². The zero-order chi connectivity index (χ0) is 19.7. The number of aryl methyl sites for hydroxylation is 3. The number of likely N-dealkylation sites (tertiary alicyclic amines) is 1. The van der Waals surface area contributed by atoms with Gasteiger partial charge >= 0.3 is 0 Å². The Labute approximate surface area is 165 Å². The molecule has 0 N–H and O–H groups in total. The molecule has 4 heterocycles. The summed E-state index contributed by atoms with van der Waals surface area (Å²) in [5.74, 6) is 0.600. The number of rotatable bonds is 5. The van der Waals surface area contributed by atoms with E-state index in [1.807, 2.05) is 34.4 Å². The first-order chi connectivity index (χ1) is 13.4. The highest BCUT2D eigenvalue weighted by atomic mass is 16.5. The van der Waals surface area contributed by atoms with Crippen LogP contribution in [0, 0.1) is 19.8 Å². The second-order valence-corrected chi connectivity index (χ2v) is 8.41. The van der Waals surface area contributed by atoms with Crippen LogP contribution in [0.4, 0.5) is 0 Å². The number of nitrogens with zero attached hydrogens (tertiary/aromatic N) is 4. The number of hydrogen-bond donors (Lipinski definition) is 0. The third-order valence-corrected chi connectivity index (χ3v) is 6.06. The van der Waals surface area contributed by atoms with Gasteiger partial charge in [-0.1, -0.05) is 0 Å². The smallest absolute Gasteiger partial charge is 0.224 e. The predicted molar refractivity (Wildman–Crippen MR) is 102 cm³/mol. The van der Waals surface area contributed by atoms with Gasteiger partial charge in [-0.05, 0) is 32.3 Å². The van der Waals surface area contributed by atoms with E-state index in [1.54, 1.807) is 0 Å². The van der Waals surface area contributed by atoms with Crippen LogP contribution < -0.4 is 0 Å². The summed E-state index contributed by atoms with van der Waals surface area (Å²) in [6, 6.07) is 2.02. The van der Waals surface area contributed by atoms with Gasteiger partial charge in [0, 0.05) is 38.2 Å². The van der Waals surface area contributed by atoms with Crippen molar-refractivity contribution in [2.75, 3.05) is 46.0 Å². The molecule has 0 radical (unpaired) electrons. The fourth-order valence-corrected chi connectivity index (χ4v) is 4.57. The highest BCUT2D eigenvalue weighted by Crippen LogP contribution is 2.39. The third-order valence-electron chi connectivity index (χ3n) is 6.06. The number of hydrogen-bond acceptors (Lipinski definition) is 5. The van der Waals surface area contributed by atoms with Crippen LogP contribution in [-0.4, -0.2) is 83.0 Å². The summed E-state index contributed by atoms with van der Waals surface area (Å²) in [5.41, 5.74) is 1.83. The SMILES string of the molecule is Cc1cc(C)n(CCC(=O)N2CC3(CC(CC(=O)N4CCOCC4)CO3)C2)n1. The monoisotopic (exact) mass is 390 g/mol. The van der Waals surface area contributed by atoms with Crippen molar-refractivity contribution in [2.24, 2.45) is 5.92 Å². The summed E-state index contributed by atoms with van der Waals surface area (Å²) >= 11 is 0. The van der Waals surface area contributed by atoms with Crippen LogP contribution in [-0.2, 0) is 25.6 Å². The normalized spacial score (nSPS) is 23.9. The van der Waals surface area contributed by atoms with Gasteiger partial charge in [0.25, 0.3) is 0 Å². The van der Waals surface area contributed by atoms with Crippen molar-refractivity contribution < 1.29 is 19.1 Å². The number of carbonyl (C=O) groups excluding carboxylic acids is 2. The molecule has 4 rings (SSSR count). The summed E-state index contributed by atoms with van der Waals surface area (Å²) < 4.78 is 13.2. The minimum absolute atomic E-state index is 0.148. The largest absolute Gasteiger partial charge is 0.378 e. The highest BCUT2D eigenvalue weighted by Gasteiger charge is 2.51. The molecular formula is C20H30N4O4. The lowest BCUT2D eigenvalue weighted by Crippen LogP contribution is -2.63. The van der Waals surface area contributed by atoms with Crippen LogP contribution in [0.2, 0.25) is 0 Å². The Morgan fingerprint density at radius 3 is 2.61 bits per heavy atom. The lowest BCUT2D eigenvalue weighted by Gasteiger charge is -2.47. The molecule has 3 fully saturated rings. The van der Waals surface area contributed by atoms with Crippen LogP contribution in [0.1, 0.15) is 30.7 Å². The Bertz CT molecular complexity index is 735. The lowest BCUT2D eigenvalue weighted by atomic mass is 9.85. The first-order valence-electron chi connectivity index (χ1n) is 10.2. The van der Waals surface area contributed by atoms with Gasteiger partial charge in [0.2, 0.25) is 11.8 Å². The molecule has 1 unspecified atom stereocenters. The molecule has 154 valence electrons. The molecule has 1 atom stereocenters. The molecule has 3 aliphatic heterocycles. The van der Waals surface area contributed by atoms with E-state index in [4.69, 9.17) is 9.47 Å². The van der Waals surface area contributed by atoms with E-state index in [0.717, 1.165) is 17.8 Å². The highest BCUT2D eigenvalue weighted by molar-refractivity contribution is 5.78. The van der Waals surface area contributed by atoms with Crippen molar-refractivity contribution >= 4 is 11.8 Å². The molecule has 1 aromatic heterocycles. The van der Waals surface area contributed by atoms with E-state index in [1.165, 1.54) is 0 Å². The molecule has 3 saturated heterocycles. The fraction of sp³-hybridized carbons (Fsp3) is 0.750. The number of ether oxygens (including phenoxy) is 2. The molecule has 0 aromatic carbocycles. The zero-order valence-corrected chi connectivity index (χ0v) is 16.9. The Kier molecular flexibility index (Phi) is 5.42. The number of carbonyl (C=O) groups is 2. The van der Waals surface area contributed by atoms with Crippen LogP contribution in [0.15, 0.2) is 6.07 Å². The van der Waals surface area contributed by atoms with Crippen molar-refractivity contribution in [3.63, 3.8) is 0 Å². The molecular weight excluding hydrogens is 360 g/mol. The van der Waals surface area contributed by atoms with Gasteiger partial charge in [-0.15, -0.1) is 0 Å². The van der Waals surface area contributed by atoms with Gasteiger partial charge < -0.3 is 19.3 Å². The second-order valence-electron chi connectivity index (χ2n) is 8.41. The topological polar surface area (TPSA) is 76.9 Å². The Morgan fingerprint density at radius 2 is 1.93 bits per heavy atom. The standard InChI is InChI=1S/C20H30N4O4/c1-15-9-16(2)24(21-15)4-3-18(25)23-13-20(14-23)11-17(12-28-20)10-19(26)22-5-7-27-8-6-22/h9,17H,3-8,10-14H2,1-2H3. The first kappa shape index (κ1) is 19.4. The maximum absolute atomic E-state index is 12.5. The van der Waals surface area contributed by atoms with Crippen molar-refractivity contribution in [3.05, 3.63) is 17.5 Å². The molecule has 2 amide bonds. The average molecular weight is 390 g/mol. The average Bonchev–Trinajstić information content (AvgIpc) is 3.22. The van der Waals surface area contributed by atoms with Gasteiger partial charge in [0.05, 0.1) is 38.6 Å². The number of amides is 2. The summed E-state index contributed by atoms with van der Waals surface area (Å²) in [5, 5.41) is 4.41. The Balaban J connectivity index is 1.20. The second kappa shape index (κ2) is 7.83. The lowest BCUT2D eigenvalue weighted by molar-refractivity contribution is -0.158. The Hall–Kier alpha value is -1.93. The molecule has 0 bridgehead atoms. The maximum Gasteiger partial charge on any atom is 0.224 e. The molecule has 8 nitrogen and oxygen atoms in total. The third kappa shape index (κ3) is 4.07. The van der Waals surface area contributed by atoms with E-state index in [2.05, 4.69) is 5.10 Å². The van der Waals surface area contributed by atoms with E-state index in [0.29, 0.717) is 65.4 Å². The Morgan fingerprint density at radius 1 is 1.18 bits per heavy atom. The van der Waals surface area contributed by atoms with Crippen molar-refractivity contribution in [3.8, 4) is 0 Å². The minimum Gasteiger partial charge on any atom is -0.378 e. The number of morpholine rings is 1. The maximum atomic E-state index is 12.5. The van der Waals surface area contributed by atoms with Gasteiger partial charge in [-0.3, -0.25) is 14.3 Å². The summed E-state index contributed by atoms with van der Waals surface area (Å²) in [7, 11) is 0. The van der Waals surface area contributed by atoms with Crippen LogP contribution in [0.25, 0.3) is 0 Å². The van der Waals surface area contributed by atoms with Gasteiger partial charge in [0.1, 0.15) is 5.60 Å². The van der Waals surface area contributed by atoms with E-state index in [9.17, 15) is 9.59 Å². The van der Waals surface area contributed by atoms with Crippen LogP contribution in [0.3, 0.4) is 0 Å². The zero-order valence-electron chi connectivity index (χ0n) is 16.9. The predicted octanol–water partition coefficient (Wildman–Crippen LogP) is 0.756. The number of aromatic nitrogens is 2. The first-order valence-corrected chi connectivity index (χ1v) is 10.2. The van der Waals surface area contributed by atoms with Gasteiger partial charge in [0.15, 0.2) is 0 Å². The molecule has 0 saturated carbocycles. The van der Waals surface area contributed by atoms with Crippen molar-refractivity contribution in [2.45, 2.75) is 45.3 Å². The summed E-state index contributed by atoms with van der Waals surface area (Å²) in [6.07, 6.45) is 1.86. The summed E-state index contributed by atoms with van der Waals surface area (Å²) in [6.45, 7) is 9.12. The van der Waals surface area contributed by atoms with E-state index < -0.39 is 0 Å². The fourth-order valence-electron chi connectivity index (χ4n) is 4.57. The molecule has 0 aliphatic carbocycles. The van der Waals surface area contributed by atoms with E-state index in [-0.39, 0.29) is 23.3 Å². The molecule has 1 aromatic rings. The molecule has 28 heavy (non-hydrogen) atoms. The molecule has 3 aliphatic rings. The van der Waals surface area contributed by atoms with Gasteiger partial charge in [-0.25, -0.2) is 0 Å². The van der Waals surface area contributed by atoms with Crippen LogP contribution >= 0.6 is 0 Å². The van der Waals surface area contributed by atoms with Crippen LogP contribution in [0.5, 0.6) is 0 Å². The summed E-state index contributed by atoms with van der Waals surface area (Å²) in [4.78, 5) is 28.7. The quantitative estimate of drug-likeness (QED) is 0.742. The van der Waals surface area contributed by atoms with Crippen molar-refractivity contribution in [1.29, 1.82) is 0 Å². The molecule has 8 heteroatoms.